The lowest BCUT2D eigenvalue weighted by molar-refractivity contribution is 0.103. The van der Waals surface area contributed by atoms with Gasteiger partial charge in [0.25, 0.3) is 0 Å². The summed E-state index contributed by atoms with van der Waals surface area (Å²) in [5.41, 5.74) is 9.51. The van der Waals surface area contributed by atoms with E-state index in [1.165, 1.54) is 7.11 Å². The second kappa shape index (κ2) is 5.14. The van der Waals surface area contributed by atoms with Gasteiger partial charge in [0.2, 0.25) is 0 Å². The number of ketones is 1. The van der Waals surface area contributed by atoms with Gasteiger partial charge in [0.05, 0.1) is 12.8 Å². The zero-order chi connectivity index (χ0) is 14.0. The molecule has 0 saturated carbocycles. The summed E-state index contributed by atoms with van der Waals surface area (Å²) in [6.07, 6.45) is 0. The third-order valence-corrected chi connectivity index (χ3v) is 3.17. The monoisotopic (exact) mass is 255 g/mol. The van der Waals surface area contributed by atoms with E-state index in [0.717, 1.165) is 11.1 Å². The summed E-state index contributed by atoms with van der Waals surface area (Å²) in [5.74, 6) is 0.453. The SMILES string of the molecule is COc1cccc(C(=O)c2cc(C)ccc2C)c1N. The van der Waals surface area contributed by atoms with Crippen molar-refractivity contribution in [1.82, 2.24) is 0 Å². The maximum Gasteiger partial charge on any atom is 0.195 e. The normalized spacial score (nSPS) is 10.3. The second-order valence-corrected chi connectivity index (χ2v) is 4.57. The van der Waals surface area contributed by atoms with E-state index in [4.69, 9.17) is 10.5 Å². The molecule has 0 aliphatic carbocycles. The molecule has 98 valence electrons. The van der Waals surface area contributed by atoms with Crippen molar-refractivity contribution in [2.45, 2.75) is 13.8 Å². The van der Waals surface area contributed by atoms with Crippen LogP contribution in [0.25, 0.3) is 0 Å². The van der Waals surface area contributed by atoms with Gasteiger partial charge in [-0.3, -0.25) is 4.79 Å². The number of carbonyl (C=O) groups is 1. The quantitative estimate of drug-likeness (QED) is 0.677. The summed E-state index contributed by atoms with van der Waals surface area (Å²) < 4.78 is 5.15. The van der Waals surface area contributed by atoms with Crippen molar-refractivity contribution in [2.24, 2.45) is 0 Å². The minimum atomic E-state index is -0.0717. The van der Waals surface area contributed by atoms with Crippen LogP contribution in [0.1, 0.15) is 27.0 Å². The molecule has 2 rings (SSSR count). The third kappa shape index (κ3) is 2.45. The molecule has 0 bridgehead atoms. The number of hydrogen-bond donors (Lipinski definition) is 1. The predicted octanol–water partition coefficient (Wildman–Crippen LogP) is 3.13. The number of nitrogens with two attached hydrogens (primary N) is 1. The lowest BCUT2D eigenvalue weighted by Crippen LogP contribution is -2.08. The number of hydrogen-bond acceptors (Lipinski definition) is 3. The Morgan fingerprint density at radius 3 is 2.53 bits per heavy atom. The lowest BCUT2D eigenvalue weighted by Gasteiger charge is -2.11. The fourth-order valence-corrected chi connectivity index (χ4v) is 2.05. The van der Waals surface area contributed by atoms with E-state index in [0.29, 0.717) is 22.6 Å². The molecule has 0 heterocycles. The average Bonchev–Trinajstić information content (AvgIpc) is 2.41. The van der Waals surface area contributed by atoms with E-state index >= 15 is 0 Å². The van der Waals surface area contributed by atoms with Crippen LogP contribution in [0.4, 0.5) is 5.69 Å². The Morgan fingerprint density at radius 2 is 1.84 bits per heavy atom. The standard InChI is InChI=1S/C16H17NO2/c1-10-7-8-11(2)13(9-10)16(18)12-5-4-6-14(19-3)15(12)17/h4-9H,17H2,1-3H3. The molecule has 3 nitrogen and oxygen atoms in total. The number of anilines is 1. The predicted molar refractivity (Wildman–Crippen MR) is 76.8 cm³/mol. The van der Waals surface area contributed by atoms with Gasteiger partial charge in [0.15, 0.2) is 5.78 Å². The maximum absolute atomic E-state index is 12.6. The van der Waals surface area contributed by atoms with Gasteiger partial charge in [-0.1, -0.05) is 23.8 Å². The van der Waals surface area contributed by atoms with E-state index in [1.807, 2.05) is 32.0 Å². The van der Waals surface area contributed by atoms with Gasteiger partial charge in [-0.25, -0.2) is 0 Å². The highest BCUT2D eigenvalue weighted by Gasteiger charge is 2.16. The number of nitrogen functional groups attached to an aromatic ring is 1. The fourth-order valence-electron chi connectivity index (χ4n) is 2.05. The topological polar surface area (TPSA) is 52.3 Å². The van der Waals surface area contributed by atoms with Crippen LogP contribution in [0.2, 0.25) is 0 Å². The molecule has 0 spiro atoms. The summed E-state index contributed by atoms with van der Waals surface area (Å²) in [5, 5.41) is 0. The van der Waals surface area contributed by atoms with Crippen molar-refractivity contribution in [1.29, 1.82) is 0 Å². The zero-order valence-corrected chi connectivity index (χ0v) is 11.4. The Hall–Kier alpha value is -2.29. The molecule has 0 unspecified atom stereocenters. The van der Waals surface area contributed by atoms with Crippen LogP contribution in [-0.4, -0.2) is 12.9 Å². The molecule has 2 aromatic rings. The van der Waals surface area contributed by atoms with Gasteiger partial charge in [-0.15, -0.1) is 0 Å². The Balaban J connectivity index is 2.53. The minimum absolute atomic E-state index is 0.0717. The molecule has 2 aromatic carbocycles. The van der Waals surface area contributed by atoms with Crippen molar-refractivity contribution in [3.63, 3.8) is 0 Å². The summed E-state index contributed by atoms with van der Waals surface area (Å²) in [6.45, 7) is 3.88. The van der Waals surface area contributed by atoms with Crippen LogP contribution >= 0.6 is 0 Å². The van der Waals surface area contributed by atoms with E-state index in [2.05, 4.69) is 0 Å². The Labute approximate surface area is 113 Å². The lowest BCUT2D eigenvalue weighted by atomic mass is 9.96. The number of methoxy groups -OCH3 is 1. The molecular weight excluding hydrogens is 238 g/mol. The molecule has 0 aliphatic heterocycles. The molecule has 0 aliphatic rings. The highest BCUT2D eigenvalue weighted by molar-refractivity contribution is 6.13. The van der Waals surface area contributed by atoms with Crippen LogP contribution in [0.5, 0.6) is 5.75 Å². The van der Waals surface area contributed by atoms with Gasteiger partial charge in [-0.2, -0.15) is 0 Å². The molecule has 0 fully saturated rings. The number of benzene rings is 2. The van der Waals surface area contributed by atoms with E-state index in [-0.39, 0.29) is 5.78 Å². The maximum atomic E-state index is 12.6. The summed E-state index contributed by atoms with van der Waals surface area (Å²) >= 11 is 0. The summed E-state index contributed by atoms with van der Waals surface area (Å²) in [6, 6.07) is 11.1. The number of aryl methyl sites for hydroxylation is 2. The summed E-state index contributed by atoms with van der Waals surface area (Å²) in [7, 11) is 1.54. The van der Waals surface area contributed by atoms with Crippen LogP contribution in [0.15, 0.2) is 36.4 Å². The van der Waals surface area contributed by atoms with Crippen molar-refractivity contribution in [3.05, 3.63) is 58.7 Å². The molecule has 0 radical (unpaired) electrons. The molecule has 3 heteroatoms. The minimum Gasteiger partial charge on any atom is -0.495 e. The van der Waals surface area contributed by atoms with Crippen LogP contribution in [0, 0.1) is 13.8 Å². The first-order valence-electron chi connectivity index (χ1n) is 6.09. The van der Waals surface area contributed by atoms with Crippen molar-refractivity contribution < 1.29 is 9.53 Å². The first-order valence-corrected chi connectivity index (χ1v) is 6.09. The molecule has 0 atom stereocenters. The number of carbonyl (C=O) groups excluding carboxylic acids is 1. The highest BCUT2D eigenvalue weighted by Crippen LogP contribution is 2.27. The largest absolute Gasteiger partial charge is 0.495 e. The van der Waals surface area contributed by atoms with Gasteiger partial charge < -0.3 is 10.5 Å². The van der Waals surface area contributed by atoms with Crippen LogP contribution in [-0.2, 0) is 0 Å². The van der Waals surface area contributed by atoms with Crippen molar-refractivity contribution in [2.75, 3.05) is 12.8 Å². The van der Waals surface area contributed by atoms with E-state index < -0.39 is 0 Å². The molecule has 0 saturated heterocycles. The van der Waals surface area contributed by atoms with Crippen LogP contribution in [0.3, 0.4) is 0 Å². The van der Waals surface area contributed by atoms with Gasteiger partial charge in [0.1, 0.15) is 5.75 Å². The second-order valence-electron chi connectivity index (χ2n) is 4.57. The van der Waals surface area contributed by atoms with E-state index in [1.54, 1.807) is 18.2 Å². The van der Waals surface area contributed by atoms with Gasteiger partial charge in [-0.05, 0) is 37.6 Å². The highest BCUT2D eigenvalue weighted by atomic mass is 16.5. The number of ether oxygens (including phenoxy) is 1. The Morgan fingerprint density at radius 1 is 1.11 bits per heavy atom. The summed E-state index contributed by atoms with van der Waals surface area (Å²) in [4.78, 5) is 12.6. The number of rotatable bonds is 3. The third-order valence-electron chi connectivity index (χ3n) is 3.17. The van der Waals surface area contributed by atoms with Gasteiger partial charge >= 0.3 is 0 Å². The Bertz CT molecular complexity index is 633. The Kier molecular flexibility index (Phi) is 3.56. The fraction of sp³-hybridized carbons (Fsp3) is 0.188. The van der Waals surface area contributed by atoms with Crippen molar-refractivity contribution in [3.8, 4) is 5.75 Å². The van der Waals surface area contributed by atoms with Crippen molar-refractivity contribution >= 4 is 11.5 Å². The smallest absolute Gasteiger partial charge is 0.195 e. The molecule has 19 heavy (non-hydrogen) atoms. The molecule has 0 aromatic heterocycles. The zero-order valence-electron chi connectivity index (χ0n) is 11.4. The molecular formula is C16H17NO2. The van der Waals surface area contributed by atoms with E-state index in [9.17, 15) is 4.79 Å². The first-order chi connectivity index (χ1) is 9.04. The van der Waals surface area contributed by atoms with Crippen LogP contribution < -0.4 is 10.5 Å². The average molecular weight is 255 g/mol. The molecule has 2 N–H and O–H groups in total. The first kappa shape index (κ1) is 13.1. The molecule has 0 amide bonds. The number of para-hydroxylation sites is 1. The van der Waals surface area contributed by atoms with Gasteiger partial charge in [0, 0.05) is 11.1 Å².